The van der Waals surface area contributed by atoms with E-state index in [-0.39, 0.29) is 12.4 Å². The standard InChI is InChI=1S/C21H35Cl3N.ClH/c1-4-5-6-7-8-9-10-11-12-15-18-25(2,3)21(23,24)19-16-13-14-17-20(19)22;/h13-14,16-17H,4-12,15,18H2,1-3H3;1H/q+1;/p-1. The number of benzene rings is 1. The van der Waals surface area contributed by atoms with Gasteiger partial charge in [0.05, 0.1) is 31.2 Å². The normalized spacial score (nSPS) is 12.1. The lowest BCUT2D eigenvalue weighted by molar-refractivity contribution is -0.920. The Morgan fingerprint density at radius 3 is 1.77 bits per heavy atom. The van der Waals surface area contributed by atoms with Crippen LogP contribution in [-0.2, 0) is 4.46 Å². The summed E-state index contributed by atoms with van der Waals surface area (Å²) in [5.41, 5.74) is 0.789. The van der Waals surface area contributed by atoms with Gasteiger partial charge in [-0.3, -0.25) is 4.48 Å². The van der Waals surface area contributed by atoms with Crippen molar-refractivity contribution < 1.29 is 16.9 Å². The highest BCUT2D eigenvalue weighted by Crippen LogP contribution is 2.44. The van der Waals surface area contributed by atoms with Crippen LogP contribution >= 0.6 is 34.8 Å². The van der Waals surface area contributed by atoms with Crippen molar-refractivity contribution in [2.24, 2.45) is 0 Å². The van der Waals surface area contributed by atoms with E-state index in [0.29, 0.717) is 9.51 Å². The fourth-order valence-electron chi connectivity index (χ4n) is 3.17. The Kier molecular flexibility index (Phi) is 13.7. The van der Waals surface area contributed by atoms with E-state index in [2.05, 4.69) is 21.0 Å². The van der Waals surface area contributed by atoms with Crippen LogP contribution in [0, 0.1) is 0 Å². The molecule has 1 rings (SSSR count). The van der Waals surface area contributed by atoms with Crippen LogP contribution < -0.4 is 12.4 Å². The second-order valence-electron chi connectivity index (χ2n) is 7.61. The van der Waals surface area contributed by atoms with E-state index in [0.717, 1.165) is 18.5 Å². The first-order valence-corrected chi connectivity index (χ1v) is 10.9. The van der Waals surface area contributed by atoms with Gasteiger partial charge >= 0.3 is 0 Å². The number of unbranched alkanes of at least 4 members (excludes halogenated alkanes) is 9. The topological polar surface area (TPSA) is 0 Å². The third-order valence-electron chi connectivity index (χ3n) is 5.03. The Morgan fingerprint density at radius 1 is 0.808 bits per heavy atom. The molecule has 1 nitrogen and oxygen atoms in total. The fourth-order valence-corrected chi connectivity index (χ4v) is 4.03. The van der Waals surface area contributed by atoms with Gasteiger partial charge in [0, 0.05) is 0 Å². The van der Waals surface area contributed by atoms with Crippen LogP contribution in [0.1, 0.15) is 76.7 Å². The molecule has 0 radical (unpaired) electrons. The molecular weight excluding hydrogens is 408 g/mol. The van der Waals surface area contributed by atoms with Crippen molar-refractivity contribution >= 4 is 34.8 Å². The molecule has 1 aromatic rings. The Balaban J connectivity index is 0.00000625. The molecule has 0 aliphatic rings. The van der Waals surface area contributed by atoms with Crippen LogP contribution in [0.3, 0.4) is 0 Å². The Morgan fingerprint density at radius 2 is 1.27 bits per heavy atom. The maximum absolute atomic E-state index is 6.73. The summed E-state index contributed by atoms with van der Waals surface area (Å²) in [7, 11) is 4.16. The predicted molar refractivity (Wildman–Crippen MR) is 114 cm³/mol. The van der Waals surface area contributed by atoms with Gasteiger partial charge in [0.15, 0.2) is 0 Å². The highest BCUT2D eigenvalue weighted by atomic mass is 35.5. The van der Waals surface area contributed by atoms with Crippen LogP contribution in [0.2, 0.25) is 5.02 Å². The molecule has 0 fully saturated rings. The molecule has 0 atom stereocenters. The molecule has 0 saturated heterocycles. The lowest BCUT2D eigenvalue weighted by atomic mass is 10.1. The summed E-state index contributed by atoms with van der Waals surface area (Å²) in [5.74, 6) is 0. The monoisotopic (exact) mass is 441 g/mol. The Labute approximate surface area is 182 Å². The molecule has 0 unspecified atom stereocenters. The Hall–Kier alpha value is 0.340. The molecule has 0 aromatic heterocycles. The predicted octanol–water partition coefficient (Wildman–Crippen LogP) is 4.93. The molecule has 0 spiro atoms. The van der Waals surface area contributed by atoms with Gasteiger partial charge in [0.1, 0.15) is 0 Å². The van der Waals surface area contributed by atoms with Crippen molar-refractivity contribution in [2.75, 3.05) is 20.6 Å². The largest absolute Gasteiger partial charge is 1.00 e. The van der Waals surface area contributed by atoms with Crippen molar-refractivity contribution in [2.45, 2.75) is 75.6 Å². The minimum Gasteiger partial charge on any atom is -1.00 e. The van der Waals surface area contributed by atoms with Gasteiger partial charge in [-0.25, -0.2) is 0 Å². The van der Waals surface area contributed by atoms with Gasteiger partial charge in [-0.15, -0.1) is 0 Å². The highest BCUT2D eigenvalue weighted by Gasteiger charge is 2.44. The molecule has 0 N–H and O–H groups in total. The SMILES string of the molecule is CCCCCCCCCCCC[N+](C)(C)C(Cl)(Cl)c1ccccc1Cl.[Cl-]. The van der Waals surface area contributed by atoms with Gasteiger partial charge < -0.3 is 12.4 Å². The zero-order valence-corrected chi connectivity index (χ0v) is 19.6. The van der Waals surface area contributed by atoms with Gasteiger partial charge in [-0.05, 0) is 48.2 Å². The molecule has 0 aliphatic carbocycles. The van der Waals surface area contributed by atoms with E-state index < -0.39 is 4.46 Å². The second kappa shape index (κ2) is 13.5. The number of quaternary nitrogens is 1. The summed E-state index contributed by atoms with van der Waals surface area (Å²) in [4.78, 5) is 0. The zero-order valence-electron chi connectivity index (χ0n) is 16.5. The minimum atomic E-state index is -1.03. The van der Waals surface area contributed by atoms with Crippen LogP contribution in [0.5, 0.6) is 0 Å². The first kappa shape index (κ1) is 26.3. The van der Waals surface area contributed by atoms with Gasteiger partial charge in [0.25, 0.3) is 4.46 Å². The number of rotatable bonds is 13. The molecule has 0 heterocycles. The number of halogens is 4. The van der Waals surface area contributed by atoms with E-state index in [1.807, 2.05) is 24.3 Å². The summed E-state index contributed by atoms with van der Waals surface area (Å²) >= 11 is 19.8. The van der Waals surface area contributed by atoms with Crippen LogP contribution in [-0.4, -0.2) is 25.1 Å². The molecule has 0 saturated carbocycles. The van der Waals surface area contributed by atoms with Gasteiger partial charge in [0.2, 0.25) is 0 Å². The second-order valence-corrected chi connectivity index (χ2v) is 9.31. The quantitative estimate of drug-likeness (QED) is 0.176. The Bertz CT molecular complexity index is 489. The van der Waals surface area contributed by atoms with Crippen LogP contribution in [0.4, 0.5) is 0 Å². The summed E-state index contributed by atoms with van der Waals surface area (Å²) < 4.78 is -0.519. The van der Waals surface area contributed by atoms with Crippen LogP contribution in [0.15, 0.2) is 24.3 Å². The van der Waals surface area contributed by atoms with Crippen LogP contribution in [0.25, 0.3) is 0 Å². The van der Waals surface area contributed by atoms with Gasteiger partial charge in [-0.2, -0.15) is 0 Å². The third kappa shape index (κ3) is 8.57. The molecule has 26 heavy (non-hydrogen) atoms. The minimum absolute atomic E-state index is 0. The van der Waals surface area contributed by atoms with E-state index >= 15 is 0 Å². The fraction of sp³-hybridized carbons (Fsp3) is 0.714. The number of hydrogen-bond donors (Lipinski definition) is 0. The number of nitrogens with zero attached hydrogens (tertiary/aromatic N) is 1. The van der Waals surface area contributed by atoms with Gasteiger partial charge in [-0.1, -0.05) is 82.0 Å². The summed E-state index contributed by atoms with van der Waals surface area (Å²) in [6.45, 7) is 3.21. The summed E-state index contributed by atoms with van der Waals surface area (Å²) in [6.07, 6.45) is 13.3. The average Bonchev–Trinajstić information content (AvgIpc) is 2.56. The van der Waals surface area contributed by atoms with Crippen molar-refractivity contribution in [3.63, 3.8) is 0 Å². The first-order chi connectivity index (χ1) is 11.8. The molecular formula is C21H35Cl4N. The van der Waals surface area contributed by atoms with E-state index in [4.69, 9.17) is 34.8 Å². The average molecular weight is 443 g/mol. The smallest absolute Gasteiger partial charge is 0.278 e. The molecule has 152 valence electrons. The number of alkyl halides is 2. The molecule has 0 amide bonds. The summed E-state index contributed by atoms with van der Waals surface area (Å²) in [6, 6.07) is 7.59. The lowest BCUT2D eigenvalue weighted by Gasteiger charge is -2.40. The van der Waals surface area contributed by atoms with Crippen molar-refractivity contribution in [3.05, 3.63) is 34.9 Å². The summed E-state index contributed by atoms with van der Waals surface area (Å²) in [5, 5.41) is 0.627. The van der Waals surface area contributed by atoms with Crippen molar-refractivity contribution in [1.29, 1.82) is 0 Å². The maximum Gasteiger partial charge on any atom is 0.278 e. The highest BCUT2D eigenvalue weighted by molar-refractivity contribution is 6.48. The molecule has 0 bridgehead atoms. The number of hydrogen-bond acceptors (Lipinski definition) is 0. The van der Waals surface area contributed by atoms with Crippen molar-refractivity contribution in [1.82, 2.24) is 0 Å². The third-order valence-corrected chi connectivity index (χ3v) is 6.68. The molecule has 5 heteroatoms. The maximum atomic E-state index is 6.73. The molecule has 0 aliphatic heterocycles. The van der Waals surface area contributed by atoms with Crippen molar-refractivity contribution in [3.8, 4) is 0 Å². The first-order valence-electron chi connectivity index (χ1n) is 9.79. The molecule has 1 aromatic carbocycles. The van der Waals surface area contributed by atoms with E-state index in [1.165, 1.54) is 57.8 Å². The van der Waals surface area contributed by atoms with E-state index in [1.54, 1.807) is 0 Å². The zero-order chi connectivity index (χ0) is 18.8. The lowest BCUT2D eigenvalue weighted by Crippen LogP contribution is -3.00. The van der Waals surface area contributed by atoms with E-state index in [9.17, 15) is 0 Å².